The minimum atomic E-state index is -4.53. The van der Waals surface area contributed by atoms with Gasteiger partial charge in [0.25, 0.3) is 5.56 Å². The molecule has 0 saturated carbocycles. The molecule has 42 heavy (non-hydrogen) atoms. The zero-order valence-corrected chi connectivity index (χ0v) is 23.5. The summed E-state index contributed by atoms with van der Waals surface area (Å²) >= 11 is 5.05. The number of thioether (sulfide) groups is 1. The average molecular weight is 649 g/mol. The second-order valence-electron chi connectivity index (χ2n) is 9.27. The zero-order valence-electron chi connectivity index (χ0n) is 20.9. The summed E-state index contributed by atoms with van der Waals surface area (Å²) in [4.78, 5) is 26.3. The number of alkyl halides is 1. The first kappa shape index (κ1) is 29.1. The lowest BCUT2D eigenvalue weighted by atomic mass is 10.1. The van der Waals surface area contributed by atoms with Gasteiger partial charge < -0.3 is 31.5 Å². The van der Waals surface area contributed by atoms with E-state index in [9.17, 15) is 24.7 Å². The second-order valence-corrected chi connectivity index (χ2v) is 13.3. The van der Waals surface area contributed by atoms with Crippen molar-refractivity contribution in [2.45, 2.75) is 41.7 Å². The Balaban J connectivity index is 1.25. The van der Waals surface area contributed by atoms with Crippen LogP contribution in [0, 0.1) is 0 Å². The lowest BCUT2D eigenvalue weighted by Gasteiger charge is -2.34. The van der Waals surface area contributed by atoms with E-state index in [2.05, 4.69) is 52.8 Å². The number of halogens is 1. The Bertz CT molecular complexity index is 1760. The fourth-order valence-corrected chi connectivity index (χ4v) is 7.69. The summed E-state index contributed by atoms with van der Waals surface area (Å²) in [5, 5.41) is 45.8. The van der Waals surface area contributed by atoms with Gasteiger partial charge in [-0.05, 0) is 0 Å². The Kier molecular flexibility index (Phi) is 7.34. The fraction of sp³-hybridized carbons (Fsp3) is 0.556. The van der Waals surface area contributed by atoms with Crippen LogP contribution < -0.4 is 17.0 Å². The molecular weight excluding hydrogens is 626 g/mol. The van der Waals surface area contributed by atoms with Crippen molar-refractivity contribution in [3.63, 3.8) is 0 Å². The Labute approximate surface area is 241 Å². The standard InChI is InChI=1S/C18H22FN12O8PS2/c19-7-10(33)5(38-16(7)30-13-8(26-28-30)12(20)22-4-23-13)2-37-40(36,41)39-18(3-42-6(1-32)11(18)34)31-14-9(27-29-31)15(35)25-17(21)24-14/h4-7,10-11,16,32-34H,1-3H2,(H,36,41)(H2,20,22,23)(H3,21,24,25,35)/t5-,6-,7+,10-,11-,16-,18-,40?/m1/s1. The van der Waals surface area contributed by atoms with Crippen LogP contribution >= 0.6 is 30.8 Å². The summed E-state index contributed by atoms with van der Waals surface area (Å²) in [6, 6.07) is 0. The Morgan fingerprint density at radius 1 is 1.26 bits per heavy atom. The third kappa shape index (κ3) is 4.69. The van der Waals surface area contributed by atoms with E-state index in [1.807, 2.05) is 0 Å². The normalized spacial score (nSPS) is 31.3. The van der Waals surface area contributed by atoms with E-state index in [-0.39, 0.29) is 39.8 Å². The smallest absolute Gasteiger partial charge is 0.388 e. The molecular formula is C18H22FN12O8PS2. The topological polar surface area (TPSA) is 290 Å². The number of rotatable bonds is 8. The number of aliphatic hydroxyl groups excluding tert-OH is 3. The molecule has 2 fully saturated rings. The summed E-state index contributed by atoms with van der Waals surface area (Å²) in [6.07, 6.45) is -7.19. The molecule has 4 aromatic rings. The fourth-order valence-electron chi connectivity index (χ4n) is 4.63. The van der Waals surface area contributed by atoms with Crippen LogP contribution in [0.1, 0.15) is 6.23 Å². The highest BCUT2D eigenvalue weighted by atomic mass is 32.7. The minimum Gasteiger partial charge on any atom is -0.395 e. The summed E-state index contributed by atoms with van der Waals surface area (Å²) in [6.45, 7) is -5.74. The molecule has 4 aromatic heterocycles. The van der Waals surface area contributed by atoms with Gasteiger partial charge in [-0.15, -0.1) is 22.0 Å². The number of nitrogen functional groups attached to an aromatic ring is 2. The van der Waals surface area contributed by atoms with Gasteiger partial charge in [-0.3, -0.25) is 18.8 Å². The average Bonchev–Trinajstić information content (AvgIpc) is 3.70. The van der Waals surface area contributed by atoms with Gasteiger partial charge in [-0.1, -0.05) is 22.7 Å². The van der Waals surface area contributed by atoms with Gasteiger partial charge >= 0.3 is 6.80 Å². The zero-order chi connectivity index (χ0) is 30.0. The number of aromatic nitrogens is 10. The monoisotopic (exact) mass is 648 g/mol. The molecule has 8 atom stereocenters. The van der Waals surface area contributed by atoms with Crippen LogP contribution in [0.25, 0.3) is 22.3 Å². The first-order chi connectivity index (χ1) is 20.0. The first-order valence-electron chi connectivity index (χ1n) is 11.9. The number of thiol groups is 1. The minimum absolute atomic E-state index is 0.000492. The summed E-state index contributed by atoms with van der Waals surface area (Å²) in [5.41, 5.74) is 8.26. The number of aliphatic hydroxyl groups is 3. The van der Waals surface area contributed by atoms with Crippen molar-refractivity contribution < 1.29 is 38.1 Å². The van der Waals surface area contributed by atoms with Gasteiger partial charge in [0.05, 0.1) is 18.5 Å². The van der Waals surface area contributed by atoms with Crippen molar-refractivity contribution in [3.8, 4) is 0 Å². The molecule has 0 spiro atoms. The number of hydrogen-bond acceptors (Lipinski definition) is 18. The molecule has 226 valence electrons. The van der Waals surface area contributed by atoms with Crippen LogP contribution in [-0.4, -0.2) is 114 Å². The molecule has 0 bridgehead atoms. The van der Waals surface area contributed by atoms with E-state index >= 15 is 4.39 Å². The first-order valence-corrected chi connectivity index (χ1v) is 15.7. The molecule has 2 aliphatic rings. The van der Waals surface area contributed by atoms with Crippen LogP contribution in [0.5, 0.6) is 0 Å². The number of H-pyrrole nitrogens is 1. The van der Waals surface area contributed by atoms with Crippen molar-refractivity contribution in [2.75, 3.05) is 30.4 Å². The third-order valence-corrected chi connectivity index (χ3v) is 9.72. The highest BCUT2D eigenvalue weighted by Crippen LogP contribution is 2.60. The van der Waals surface area contributed by atoms with Crippen LogP contribution in [-0.2, 0) is 24.1 Å². The van der Waals surface area contributed by atoms with Crippen LogP contribution in [0.3, 0.4) is 0 Å². The van der Waals surface area contributed by atoms with E-state index in [0.717, 1.165) is 27.5 Å². The lowest BCUT2D eigenvalue weighted by molar-refractivity contribution is -0.105. The number of anilines is 2. The summed E-state index contributed by atoms with van der Waals surface area (Å²) in [5.74, 6) is -0.477. The summed E-state index contributed by atoms with van der Waals surface area (Å²) < 4.78 is 47.2. The molecule has 6 rings (SSSR count). The number of fused-ring (bicyclic) bond motifs is 2. The van der Waals surface area contributed by atoms with Crippen molar-refractivity contribution in [2.24, 2.45) is 0 Å². The van der Waals surface area contributed by atoms with E-state index in [0.29, 0.717) is 0 Å². The number of ether oxygens (including phenoxy) is 1. The SMILES string of the molecule is Nc1nc2c(nnn2[C@@]2(OP(=O)(S)OC[C@H]3O[C@@H](n4nnc5c(N)ncnc54)[C@@H](F)[C@@H]3O)CS[C@H](CO)[C@H]2O)c(=O)[nH]1. The van der Waals surface area contributed by atoms with Gasteiger partial charge in [0, 0.05) is 5.75 Å². The van der Waals surface area contributed by atoms with Crippen LogP contribution in [0.2, 0.25) is 0 Å². The van der Waals surface area contributed by atoms with Crippen LogP contribution in [0.15, 0.2) is 11.1 Å². The van der Waals surface area contributed by atoms with Crippen LogP contribution in [0.4, 0.5) is 16.2 Å². The predicted molar refractivity (Wildman–Crippen MR) is 144 cm³/mol. The number of nitrogens with two attached hydrogens (primary N) is 2. The number of aromatic amines is 1. The molecule has 0 aromatic carbocycles. The van der Waals surface area contributed by atoms with E-state index in [1.54, 1.807) is 0 Å². The van der Waals surface area contributed by atoms with Gasteiger partial charge in [0.1, 0.15) is 24.6 Å². The molecule has 2 aliphatic heterocycles. The van der Waals surface area contributed by atoms with E-state index in [4.69, 9.17) is 25.3 Å². The van der Waals surface area contributed by atoms with Gasteiger partial charge in [0.15, 0.2) is 40.5 Å². The molecule has 0 radical (unpaired) electrons. The highest BCUT2D eigenvalue weighted by molar-refractivity contribution is 8.44. The molecule has 2 saturated heterocycles. The van der Waals surface area contributed by atoms with Crippen molar-refractivity contribution in [1.29, 1.82) is 0 Å². The maximum Gasteiger partial charge on any atom is 0.388 e. The molecule has 20 nitrogen and oxygen atoms in total. The number of nitrogens with zero attached hydrogens (tertiary/aromatic N) is 9. The Morgan fingerprint density at radius 2 is 2.02 bits per heavy atom. The van der Waals surface area contributed by atoms with E-state index < -0.39 is 67.3 Å². The molecule has 8 N–H and O–H groups in total. The molecule has 1 unspecified atom stereocenters. The molecule has 0 amide bonds. The Hall–Kier alpha value is -3.02. The van der Waals surface area contributed by atoms with Crippen molar-refractivity contribution in [1.82, 2.24) is 49.9 Å². The largest absolute Gasteiger partial charge is 0.395 e. The maximum atomic E-state index is 15.1. The highest BCUT2D eigenvalue weighted by Gasteiger charge is 2.57. The van der Waals surface area contributed by atoms with Crippen molar-refractivity contribution >= 4 is 64.9 Å². The number of nitrogens with one attached hydrogen (secondary N) is 1. The Morgan fingerprint density at radius 3 is 2.76 bits per heavy atom. The second kappa shape index (κ2) is 10.6. The quantitative estimate of drug-likeness (QED) is 0.0781. The third-order valence-electron chi connectivity index (χ3n) is 6.69. The summed E-state index contributed by atoms with van der Waals surface area (Å²) in [7, 11) is 0. The van der Waals surface area contributed by atoms with Gasteiger partial charge in [-0.25, -0.2) is 18.9 Å². The molecule has 0 aliphatic carbocycles. The van der Waals surface area contributed by atoms with Gasteiger partial charge in [0.2, 0.25) is 11.7 Å². The maximum absolute atomic E-state index is 15.1. The van der Waals surface area contributed by atoms with E-state index in [1.165, 1.54) is 0 Å². The van der Waals surface area contributed by atoms with Crippen molar-refractivity contribution in [3.05, 3.63) is 16.7 Å². The molecule has 6 heterocycles. The van der Waals surface area contributed by atoms with Gasteiger partial charge in [-0.2, -0.15) is 14.3 Å². The number of hydrogen-bond donors (Lipinski definition) is 7. The molecule has 24 heteroatoms. The lowest BCUT2D eigenvalue weighted by Crippen LogP contribution is -2.49. The predicted octanol–water partition coefficient (Wildman–Crippen LogP) is -2.30.